The quantitative estimate of drug-likeness (QED) is 0.903. The van der Waals surface area contributed by atoms with E-state index in [4.69, 9.17) is 4.74 Å². The third-order valence-electron chi connectivity index (χ3n) is 4.51. The van der Waals surface area contributed by atoms with Crippen molar-refractivity contribution in [2.24, 2.45) is 5.92 Å². The minimum atomic E-state index is -0.940. The first-order valence-electron chi connectivity index (χ1n) is 7.85. The Labute approximate surface area is 129 Å². The average Bonchev–Trinajstić information content (AvgIpc) is 3.37. The summed E-state index contributed by atoms with van der Waals surface area (Å²) in [5, 5.41) is 9.19. The zero-order chi connectivity index (χ0) is 15.5. The first kappa shape index (κ1) is 15.0. The standard InChI is InChI=1S/C17H21NO4/c19-16(18-9-10-22-11-15(18)13-5-6-13)8-7-12-3-1-2-4-14(12)17(20)21/h1-4,13,15H,5-11H2,(H,20,21). The van der Waals surface area contributed by atoms with E-state index in [0.29, 0.717) is 38.5 Å². The van der Waals surface area contributed by atoms with Crippen molar-refractivity contribution in [1.82, 2.24) is 4.90 Å². The Kier molecular flexibility index (Phi) is 4.43. The summed E-state index contributed by atoms with van der Waals surface area (Å²) in [5.74, 6) is -0.235. The number of nitrogens with zero attached hydrogens (tertiary/aromatic N) is 1. The fraction of sp³-hybridized carbons (Fsp3) is 0.529. The molecule has 1 amide bonds. The highest BCUT2D eigenvalue weighted by molar-refractivity contribution is 5.89. The molecule has 1 aliphatic heterocycles. The Bertz CT molecular complexity index is 568. The van der Waals surface area contributed by atoms with Crippen LogP contribution in [0.25, 0.3) is 0 Å². The molecule has 0 bridgehead atoms. The van der Waals surface area contributed by atoms with Crippen LogP contribution in [0, 0.1) is 5.92 Å². The van der Waals surface area contributed by atoms with Crippen LogP contribution in [0.3, 0.4) is 0 Å². The molecule has 1 saturated heterocycles. The van der Waals surface area contributed by atoms with Crippen LogP contribution in [0.15, 0.2) is 24.3 Å². The van der Waals surface area contributed by atoms with Crippen molar-refractivity contribution in [2.75, 3.05) is 19.8 Å². The number of carboxylic acids is 1. The molecule has 2 fully saturated rings. The molecular formula is C17H21NO4. The van der Waals surface area contributed by atoms with Crippen LogP contribution in [-0.4, -0.2) is 47.7 Å². The number of morpholine rings is 1. The second kappa shape index (κ2) is 6.48. The molecule has 0 aromatic heterocycles. The molecule has 1 saturated carbocycles. The molecule has 5 heteroatoms. The predicted molar refractivity (Wildman–Crippen MR) is 80.8 cm³/mol. The van der Waals surface area contributed by atoms with Crippen LogP contribution in [0.1, 0.15) is 35.2 Å². The third kappa shape index (κ3) is 3.30. The Hall–Kier alpha value is -1.88. The van der Waals surface area contributed by atoms with Gasteiger partial charge in [-0.15, -0.1) is 0 Å². The predicted octanol–water partition coefficient (Wildman–Crippen LogP) is 1.95. The van der Waals surface area contributed by atoms with Gasteiger partial charge in [0.1, 0.15) is 0 Å². The van der Waals surface area contributed by atoms with E-state index in [1.165, 1.54) is 12.8 Å². The molecule has 0 spiro atoms. The van der Waals surface area contributed by atoms with Gasteiger partial charge in [0.05, 0.1) is 24.8 Å². The molecule has 1 unspecified atom stereocenters. The highest BCUT2D eigenvalue weighted by atomic mass is 16.5. The summed E-state index contributed by atoms with van der Waals surface area (Å²) in [5.41, 5.74) is 1.01. The van der Waals surface area contributed by atoms with Crippen molar-refractivity contribution >= 4 is 11.9 Å². The van der Waals surface area contributed by atoms with Crippen molar-refractivity contribution < 1.29 is 19.4 Å². The van der Waals surface area contributed by atoms with Crippen molar-refractivity contribution in [3.05, 3.63) is 35.4 Å². The van der Waals surface area contributed by atoms with Gasteiger partial charge >= 0.3 is 5.97 Å². The van der Waals surface area contributed by atoms with Crippen LogP contribution < -0.4 is 0 Å². The van der Waals surface area contributed by atoms with Gasteiger partial charge in [-0.2, -0.15) is 0 Å². The van der Waals surface area contributed by atoms with Crippen molar-refractivity contribution in [3.63, 3.8) is 0 Å². The van der Waals surface area contributed by atoms with E-state index < -0.39 is 5.97 Å². The largest absolute Gasteiger partial charge is 0.478 e. The summed E-state index contributed by atoms with van der Waals surface area (Å²) >= 11 is 0. The van der Waals surface area contributed by atoms with Crippen LogP contribution >= 0.6 is 0 Å². The van der Waals surface area contributed by atoms with E-state index in [9.17, 15) is 14.7 Å². The maximum atomic E-state index is 12.5. The normalized spacial score (nSPS) is 21.6. The van der Waals surface area contributed by atoms with Crippen molar-refractivity contribution in [1.29, 1.82) is 0 Å². The topological polar surface area (TPSA) is 66.8 Å². The third-order valence-corrected chi connectivity index (χ3v) is 4.51. The maximum absolute atomic E-state index is 12.5. The Morgan fingerprint density at radius 2 is 2.05 bits per heavy atom. The van der Waals surface area contributed by atoms with Gasteiger partial charge in [-0.05, 0) is 36.8 Å². The van der Waals surface area contributed by atoms with Gasteiger partial charge in [0.2, 0.25) is 5.91 Å². The van der Waals surface area contributed by atoms with Crippen molar-refractivity contribution in [3.8, 4) is 0 Å². The van der Waals surface area contributed by atoms with E-state index in [0.717, 1.165) is 5.56 Å². The summed E-state index contributed by atoms with van der Waals surface area (Å²) < 4.78 is 5.51. The lowest BCUT2D eigenvalue weighted by Crippen LogP contribution is -2.49. The highest BCUT2D eigenvalue weighted by Gasteiger charge is 2.38. The number of carbonyl (C=O) groups is 2. The molecule has 1 N–H and O–H groups in total. The van der Waals surface area contributed by atoms with E-state index >= 15 is 0 Å². The lowest BCUT2D eigenvalue weighted by atomic mass is 10.0. The van der Waals surface area contributed by atoms with Gasteiger partial charge in [-0.25, -0.2) is 4.79 Å². The van der Waals surface area contributed by atoms with Crippen LogP contribution in [0.2, 0.25) is 0 Å². The Balaban J connectivity index is 1.63. The van der Waals surface area contributed by atoms with Gasteiger partial charge in [-0.3, -0.25) is 4.79 Å². The monoisotopic (exact) mass is 303 g/mol. The van der Waals surface area contributed by atoms with E-state index in [1.807, 2.05) is 11.0 Å². The second-order valence-electron chi connectivity index (χ2n) is 6.03. The van der Waals surface area contributed by atoms with E-state index in [2.05, 4.69) is 0 Å². The summed E-state index contributed by atoms with van der Waals surface area (Å²) in [7, 11) is 0. The van der Waals surface area contributed by atoms with Gasteiger partial charge in [0, 0.05) is 13.0 Å². The number of carboxylic acid groups (broad SMARTS) is 1. The summed E-state index contributed by atoms with van der Waals surface area (Å²) in [6.45, 7) is 1.89. The summed E-state index contributed by atoms with van der Waals surface area (Å²) in [6, 6.07) is 7.11. The molecule has 1 aromatic rings. The van der Waals surface area contributed by atoms with Gasteiger partial charge in [-0.1, -0.05) is 18.2 Å². The molecule has 1 aromatic carbocycles. The minimum Gasteiger partial charge on any atom is -0.478 e. The summed E-state index contributed by atoms with van der Waals surface area (Å²) in [6.07, 6.45) is 3.18. The molecule has 0 radical (unpaired) electrons. The molecule has 22 heavy (non-hydrogen) atoms. The van der Waals surface area contributed by atoms with Crippen molar-refractivity contribution in [2.45, 2.75) is 31.7 Å². The Morgan fingerprint density at radius 1 is 1.27 bits per heavy atom. The number of rotatable bonds is 5. The smallest absolute Gasteiger partial charge is 0.335 e. The highest BCUT2D eigenvalue weighted by Crippen LogP contribution is 2.36. The number of aryl methyl sites for hydroxylation is 1. The number of aromatic carboxylic acids is 1. The zero-order valence-corrected chi connectivity index (χ0v) is 12.5. The number of hydrogen-bond acceptors (Lipinski definition) is 3. The zero-order valence-electron chi connectivity index (χ0n) is 12.5. The molecule has 2 aliphatic rings. The lowest BCUT2D eigenvalue weighted by Gasteiger charge is -2.36. The van der Waals surface area contributed by atoms with E-state index in [-0.39, 0.29) is 17.5 Å². The molecule has 1 atom stereocenters. The maximum Gasteiger partial charge on any atom is 0.335 e. The van der Waals surface area contributed by atoms with Crippen LogP contribution in [0.5, 0.6) is 0 Å². The molecule has 5 nitrogen and oxygen atoms in total. The number of hydrogen-bond donors (Lipinski definition) is 1. The molecule has 118 valence electrons. The second-order valence-corrected chi connectivity index (χ2v) is 6.03. The fourth-order valence-corrected chi connectivity index (χ4v) is 3.14. The van der Waals surface area contributed by atoms with Crippen LogP contribution in [-0.2, 0) is 16.0 Å². The molecule has 1 aliphatic carbocycles. The number of ether oxygens (including phenoxy) is 1. The number of carbonyl (C=O) groups excluding carboxylic acids is 1. The first-order chi connectivity index (χ1) is 10.7. The molecule has 1 heterocycles. The van der Waals surface area contributed by atoms with Crippen LogP contribution in [0.4, 0.5) is 0 Å². The first-order valence-corrected chi connectivity index (χ1v) is 7.85. The molecule has 3 rings (SSSR count). The average molecular weight is 303 g/mol. The minimum absolute atomic E-state index is 0.111. The SMILES string of the molecule is O=C(O)c1ccccc1CCC(=O)N1CCOCC1C1CC1. The van der Waals surface area contributed by atoms with Gasteiger partial charge < -0.3 is 14.7 Å². The van der Waals surface area contributed by atoms with E-state index in [1.54, 1.807) is 18.2 Å². The Morgan fingerprint density at radius 3 is 2.77 bits per heavy atom. The van der Waals surface area contributed by atoms with Gasteiger partial charge in [0.25, 0.3) is 0 Å². The molecular weight excluding hydrogens is 282 g/mol. The number of benzene rings is 1. The number of amides is 1. The lowest BCUT2D eigenvalue weighted by molar-refractivity contribution is -0.140. The van der Waals surface area contributed by atoms with Gasteiger partial charge in [0.15, 0.2) is 0 Å². The summed E-state index contributed by atoms with van der Waals surface area (Å²) in [4.78, 5) is 25.7. The fourth-order valence-electron chi connectivity index (χ4n) is 3.14.